The lowest BCUT2D eigenvalue weighted by Crippen LogP contribution is -2.31. The Morgan fingerprint density at radius 2 is 2.12 bits per heavy atom. The third kappa shape index (κ3) is 4.00. The molecule has 3 nitrogen and oxygen atoms in total. The van der Waals surface area contributed by atoms with Gasteiger partial charge in [-0.2, -0.15) is 0 Å². The summed E-state index contributed by atoms with van der Waals surface area (Å²) >= 11 is 6.07. The minimum Gasteiger partial charge on any atom is -0.391 e. The third-order valence-corrected chi connectivity index (χ3v) is 2.80. The van der Waals surface area contributed by atoms with Crippen molar-refractivity contribution in [1.29, 1.82) is 0 Å². The molecular formula is C12H19ClN2O. The van der Waals surface area contributed by atoms with Gasteiger partial charge in [-0.25, -0.2) is 0 Å². The number of nitrogens with one attached hydrogen (secondary N) is 1. The van der Waals surface area contributed by atoms with Crippen LogP contribution in [0.2, 0.25) is 5.02 Å². The highest BCUT2D eigenvalue weighted by molar-refractivity contribution is 6.33. The van der Waals surface area contributed by atoms with Crippen LogP contribution in [0.3, 0.4) is 0 Å². The molecule has 1 aromatic carbocycles. The number of likely N-dealkylation sites (N-methyl/N-ethyl adjacent to an activating group) is 1. The summed E-state index contributed by atoms with van der Waals surface area (Å²) in [5.41, 5.74) is 0.952. The van der Waals surface area contributed by atoms with Gasteiger partial charge in [0.2, 0.25) is 0 Å². The molecule has 1 atom stereocenters. The Morgan fingerprint density at radius 3 is 2.75 bits per heavy atom. The van der Waals surface area contributed by atoms with Gasteiger partial charge in [-0.1, -0.05) is 23.7 Å². The zero-order valence-corrected chi connectivity index (χ0v) is 10.5. The van der Waals surface area contributed by atoms with Gasteiger partial charge in [0.05, 0.1) is 16.8 Å². The molecule has 1 rings (SSSR count). The first-order valence-electron chi connectivity index (χ1n) is 5.43. The predicted octanol–water partition coefficient (Wildman–Crippen LogP) is 1.75. The number of hydrogen-bond acceptors (Lipinski definition) is 3. The van der Waals surface area contributed by atoms with Crippen LogP contribution in [0.25, 0.3) is 0 Å². The van der Waals surface area contributed by atoms with Crippen LogP contribution < -0.4 is 10.2 Å². The number of benzene rings is 1. The highest BCUT2D eigenvalue weighted by Crippen LogP contribution is 2.24. The van der Waals surface area contributed by atoms with E-state index >= 15 is 0 Å². The first kappa shape index (κ1) is 13.3. The number of hydrogen-bond donors (Lipinski definition) is 2. The molecule has 0 aliphatic rings. The average Bonchev–Trinajstić information content (AvgIpc) is 2.26. The largest absolute Gasteiger partial charge is 0.391 e. The van der Waals surface area contributed by atoms with Crippen LogP contribution >= 0.6 is 11.6 Å². The lowest BCUT2D eigenvalue weighted by molar-refractivity contribution is 0.171. The third-order valence-electron chi connectivity index (χ3n) is 2.48. The Balaban J connectivity index is 2.52. The summed E-state index contributed by atoms with van der Waals surface area (Å²) in [6.07, 6.45) is 0.402. The summed E-state index contributed by atoms with van der Waals surface area (Å²) in [6.45, 7) is 1.41. The number of para-hydroxylation sites is 1. The molecule has 0 aromatic heterocycles. The average molecular weight is 243 g/mol. The van der Waals surface area contributed by atoms with Crippen molar-refractivity contribution in [3.63, 3.8) is 0 Å². The van der Waals surface area contributed by atoms with Crippen molar-refractivity contribution < 1.29 is 5.11 Å². The maximum Gasteiger partial charge on any atom is 0.0727 e. The monoisotopic (exact) mass is 242 g/mol. The Bertz CT molecular complexity index is 320. The van der Waals surface area contributed by atoms with Crippen molar-refractivity contribution in [2.45, 2.75) is 12.5 Å². The first-order valence-corrected chi connectivity index (χ1v) is 5.81. The number of anilines is 1. The van der Waals surface area contributed by atoms with E-state index in [0.29, 0.717) is 11.6 Å². The Morgan fingerprint density at radius 1 is 1.44 bits per heavy atom. The maximum absolute atomic E-state index is 9.78. The Hall–Kier alpha value is -0.770. The number of aliphatic hydroxyl groups excluding tert-OH is 1. The Labute approximate surface area is 102 Å². The second kappa shape index (κ2) is 6.74. The normalized spacial score (nSPS) is 12.5. The van der Waals surface area contributed by atoms with Crippen molar-refractivity contribution in [3.8, 4) is 0 Å². The van der Waals surface area contributed by atoms with E-state index in [4.69, 9.17) is 11.6 Å². The molecule has 0 saturated carbocycles. The molecule has 0 radical (unpaired) electrons. The first-order chi connectivity index (χ1) is 7.65. The van der Waals surface area contributed by atoms with Gasteiger partial charge in [0.25, 0.3) is 0 Å². The van der Waals surface area contributed by atoms with E-state index in [-0.39, 0.29) is 6.10 Å². The number of nitrogens with zero attached hydrogens (tertiary/aromatic N) is 1. The van der Waals surface area contributed by atoms with Crippen LogP contribution in [-0.2, 0) is 0 Å². The van der Waals surface area contributed by atoms with Gasteiger partial charge >= 0.3 is 0 Å². The van der Waals surface area contributed by atoms with Gasteiger partial charge in [0, 0.05) is 13.6 Å². The Kier molecular flexibility index (Phi) is 5.60. The second-order valence-electron chi connectivity index (χ2n) is 3.88. The number of aliphatic hydroxyl groups is 1. The van der Waals surface area contributed by atoms with Crippen molar-refractivity contribution >= 4 is 17.3 Å². The summed E-state index contributed by atoms with van der Waals surface area (Å²) in [7, 11) is 3.81. The maximum atomic E-state index is 9.78. The second-order valence-corrected chi connectivity index (χ2v) is 4.29. The lowest BCUT2D eigenvalue weighted by Gasteiger charge is -2.23. The van der Waals surface area contributed by atoms with E-state index in [9.17, 15) is 5.11 Å². The van der Waals surface area contributed by atoms with Gasteiger partial charge in [0.15, 0.2) is 0 Å². The molecule has 0 bridgehead atoms. The van der Waals surface area contributed by atoms with E-state index < -0.39 is 0 Å². The zero-order valence-electron chi connectivity index (χ0n) is 9.78. The van der Waals surface area contributed by atoms with E-state index in [1.54, 1.807) is 0 Å². The molecule has 2 N–H and O–H groups in total. The molecule has 0 heterocycles. The molecule has 0 aliphatic heterocycles. The summed E-state index contributed by atoms with van der Waals surface area (Å²) in [5, 5.41) is 13.5. The molecule has 0 fully saturated rings. The van der Waals surface area contributed by atoms with Gasteiger partial charge in [-0.15, -0.1) is 0 Å². The fourth-order valence-corrected chi connectivity index (χ4v) is 1.86. The topological polar surface area (TPSA) is 35.5 Å². The highest BCUT2D eigenvalue weighted by atomic mass is 35.5. The minimum absolute atomic E-state index is 0.339. The zero-order chi connectivity index (χ0) is 12.0. The van der Waals surface area contributed by atoms with Gasteiger partial charge in [0.1, 0.15) is 0 Å². The molecule has 1 aromatic rings. The highest BCUT2D eigenvalue weighted by Gasteiger charge is 2.10. The molecule has 0 aliphatic carbocycles. The molecule has 0 amide bonds. The van der Waals surface area contributed by atoms with Crippen molar-refractivity contribution in [1.82, 2.24) is 5.32 Å². The number of rotatable bonds is 6. The van der Waals surface area contributed by atoms with Gasteiger partial charge in [-0.05, 0) is 32.1 Å². The van der Waals surface area contributed by atoms with Crippen molar-refractivity contribution in [3.05, 3.63) is 29.3 Å². The molecule has 16 heavy (non-hydrogen) atoms. The van der Waals surface area contributed by atoms with Crippen LogP contribution in [-0.4, -0.2) is 38.4 Å². The molecule has 1 unspecified atom stereocenters. The van der Waals surface area contributed by atoms with Crippen LogP contribution in [0.4, 0.5) is 5.69 Å². The summed E-state index contributed by atoms with van der Waals surface area (Å²) in [6, 6.07) is 7.65. The molecule has 90 valence electrons. The van der Waals surface area contributed by atoms with E-state index in [0.717, 1.165) is 18.7 Å². The molecule has 0 spiro atoms. The predicted molar refractivity (Wildman–Crippen MR) is 69.3 cm³/mol. The van der Waals surface area contributed by atoms with Gasteiger partial charge < -0.3 is 15.3 Å². The fraction of sp³-hybridized carbons (Fsp3) is 0.500. The van der Waals surface area contributed by atoms with Crippen LogP contribution in [0.1, 0.15) is 6.42 Å². The fourth-order valence-electron chi connectivity index (χ4n) is 1.58. The summed E-state index contributed by atoms with van der Waals surface area (Å²) in [4.78, 5) is 1.97. The van der Waals surface area contributed by atoms with E-state index in [1.165, 1.54) is 0 Å². The summed E-state index contributed by atoms with van der Waals surface area (Å²) in [5.74, 6) is 0. The standard InChI is InChI=1S/C12H19ClN2O/c1-14-8-7-10(16)9-15(2)12-6-4-3-5-11(12)13/h3-6,10,14,16H,7-9H2,1-2H3. The van der Waals surface area contributed by atoms with Crippen LogP contribution in [0.15, 0.2) is 24.3 Å². The minimum atomic E-state index is -0.339. The molecule has 0 saturated heterocycles. The molecule has 4 heteroatoms. The van der Waals surface area contributed by atoms with Gasteiger partial charge in [-0.3, -0.25) is 0 Å². The quantitative estimate of drug-likeness (QED) is 0.798. The van der Waals surface area contributed by atoms with E-state index in [2.05, 4.69) is 5.32 Å². The molecular weight excluding hydrogens is 224 g/mol. The van der Waals surface area contributed by atoms with Crippen molar-refractivity contribution in [2.24, 2.45) is 0 Å². The summed E-state index contributed by atoms with van der Waals surface area (Å²) < 4.78 is 0. The SMILES string of the molecule is CNCCC(O)CN(C)c1ccccc1Cl. The van der Waals surface area contributed by atoms with Crippen LogP contribution in [0, 0.1) is 0 Å². The number of halogens is 1. The van der Waals surface area contributed by atoms with Crippen molar-refractivity contribution in [2.75, 3.05) is 32.1 Å². The van der Waals surface area contributed by atoms with E-state index in [1.807, 2.05) is 43.3 Å². The van der Waals surface area contributed by atoms with Crippen LogP contribution in [0.5, 0.6) is 0 Å². The lowest BCUT2D eigenvalue weighted by atomic mass is 10.2. The smallest absolute Gasteiger partial charge is 0.0727 e.